The molecule has 0 saturated heterocycles. The van der Waals surface area contributed by atoms with E-state index < -0.39 is 0 Å². The van der Waals surface area contributed by atoms with E-state index in [9.17, 15) is 4.39 Å². The highest BCUT2D eigenvalue weighted by molar-refractivity contribution is 5.73. The molecule has 3 N–H and O–H groups in total. The number of nitrogens with one attached hydrogen (secondary N) is 1. The minimum atomic E-state index is -0.293. The normalized spacial score (nSPS) is 10.3. The van der Waals surface area contributed by atoms with Gasteiger partial charge in [-0.3, -0.25) is 0 Å². The number of benzene rings is 1. The lowest BCUT2D eigenvalue weighted by Gasteiger charge is -2.10. The van der Waals surface area contributed by atoms with Crippen LogP contribution in [0.2, 0.25) is 0 Å². The van der Waals surface area contributed by atoms with Crippen molar-refractivity contribution in [2.24, 2.45) is 5.73 Å². The number of halogens is 1. The number of nitrogens with two attached hydrogens (primary N) is 1. The van der Waals surface area contributed by atoms with Crippen molar-refractivity contribution in [3.63, 3.8) is 0 Å². The molecule has 0 aliphatic carbocycles. The first kappa shape index (κ1) is 12.4. The van der Waals surface area contributed by atoms with Crippen molar-refractivity contribution >= 4 is 5.69 Å². The smallest absolute Gasteiger partial charge is 0.132 e. The van der Waals surface area contributed by atoms with Gasteiger partial charge in [0, 0.05) is 12.1 Å². The van der Waals surface area contributed by atoms with Crippen molar-refractivity contribution < 1.29 is 4.39 Å². The molecule has 0 saturated carbocycles. The van der Waals surface area contributed by atoms with Crippen LogP contribution in [-0.4, -0.2) is 23.1 Å². The van der Waals surface area contributed by atoms with Crippen LogP contribution in [0.25, 0.3) is 11.3 Å². The lowest BCUT2D eigenvalue weighted by Crippen LogP contribution is -2.09. The van der Waals surface area contributed by atoms with Gasteiger partial charge < -0.3 is 11.1 Å². The summed E-state index contributed by atoms with van der Waals surface area (Å²) in [5, 5.41) is 3.17. The summed E-state index contributed by atoms with van der Waals surface area (Å²) in [6, 6.07) is 6.55. The predicted molar refractivity (Wildman–Crippen MR) is 69.6 cm³/mol. The molecule has 94 valence electrons. The molecule has 0 radical (unpaired) electrons. The number of anilines is 1. The van der Waals surface area contributed by atoms with Gasteiger partial charge in [0.15, 0.2) is 0 Å². The third-order valence-electron chi connectivity index (χ3n) is 2.54. The summed E-state index contributed by atoms with van der Waals surface area (Å²) >= 11 is 0. The third kappa shape index (κ3) is 2.81. The summed E-state index contributed by atoms with van der Waals surface area (Å²) in [4.78, 5) is 8.10. The molecule has 0 bridgehead atoms. The Hall–Kier alpha value is -2.01. The largest absolute Gasteiger partial charge is 0.382 e. The van der Waals surface area contributed by atoms with Crippen LogP contribution in [0.3, 0.4) is 0 Å². The molecule has 0 aliphatic rings. The summed E-state index contributed by atoms with van der Waals surface area (Å²) in [5.74, 6) is -0.293. The molecule has 0 unspecified atom stereocenters. The molecule has 0 aliphatic heterocycles. The van der Waals surface area contributed by atoms with Gasteiger partial charge in [-0.1, -0.05) is 12.1 Å². The van der Waals surface area contributed by atoms with Crippen molar-refractivity contribution in [2.75, 3.05) is 18.4 Å². The van der Waals surface area contributed by atoms with Crippen LogP contribution in [0.4, 0.5) is 10.1 Å². The molecule has 0 spiro atoms. The van der Waals surface area contributed by atoms with E-state index in [0.717, 1.165) is 12.1 Å². The van der Waals surface area contributed by atoms with E-state index in [1.54, 1.807) is 24.4 Å². The Morgan fingerprint density at radius 2 is 2.11 bits per heavy atom. The number of aromatic nitrogens is 2. The molecule has 5 heteroatoms. The van der Waals surface area contributed by atoms with Crippen LogP contribution in [0.5, 0.6) is 0 Å². The second kappa shape index (κ2) is 6.07. The first-order chi connectivity index (χ1) is 8.83. The molecular formula is C13H15FN4. The Kier molecular flexibility index (Phi) is 4.20. The zero-order valence-corrected chi connectivity index (χ0v) is 9.94. The van der Waals surface area contributed by atoms with Crippen LogP contribution in [0, 0.1) is 5.82 Å². The molecule has 1 aromatic heterocycles. The summed E-state index contributed by atoms with van der Waals surface area (Å²) in [7, 11) is 0. The van der Waals surface area contributed by atoms with Gasteiger partial charge >= 0.3 is 0 Å². The van der Waals surface area contributed by atoms with Gasteiger partial charge in [-0.2, -0.15) is 0 Å². The van der Waals surface area contributed by atoms with Crippen LogP contribution >= 0.6 is 0 Å². The van der Waals surface area contributed by atoms with E-state index in [2.05, 4.69) is 15.3 Å². The Labute approximate surface area is 105 Å². The quantitative estimate of drug-likeness (QED) is 0.792. The monoisotopic (exact) mass is 246 g/mol. The van der Waals surface area contributed by atoms with Crippen LogP contribution in [-0.2, 0) is 0 Å². The fourth-order valence-electron chi connectivity index (χ4n) is 1.65. The average Bonchev–Trinajstić information content (AvgIpc) is 2.40. The predicted octanol–water partition coefficient (Wildman–Crippen LogP) is 2.04. The van der Waals surface area contributed by atoms with Gasteiger partial charge in [0.25, 0.3) is 0 Å². The number of rotatable bonds is 5. The molecule has 2 aromatic rings. The maximum absolute atomic E-state index is 13.7. The standard InChI is InChI=1S/C13H15FN4/c14-11-5-2-1-4-10(11)13-12(8-16-9-18-13)17-7-3-6-15/h1-2,4-5,8-9,17H,3,6-7,15H2. The minimum absolute atomic E-state index is 0.293. The summed E-state index contributed by atoms with van der Waals surface area (Å²) in [5.41, 5.74) is 7.19. The van der Waals surface area contributed by atoms with Gasteiger partial charge in [-0.05, 0) is 25.1 Å². The maximum Gasteiger partial charge on any atom is 0.132 e. The highest BCUT2D eigenvalue weighted by Crippen LogP contribution is 2.26. The van der Waals surface area contributed by atoms with E-state index in [1.165, 1.54) is 12.4 Å². The third-order valence-corrected chi connectivity index (χ3v) is 2.54. The van der Waals surface area contributed by atoms with Gasteiger partial charge in [0.2, 0.25) is 0 Å². The zero-order chi connectivity index (χ0) is 12.8. The minimum Gasteiger partial charge on any atom is -0.382 e. The van der Waals surface area contributed by atoms with Crippen molar-refractivity contribution in [2.45, 2.75) is 6.42 Å². The molecule has 0 atom stereocenters. The number of hydrogen-bond acceptors (Lipinski definition) is 4. The van der Waals surface area contributed by atoms with E-state index in [1.807, 2.05) is 0 Å². The fourth-order valence-corrected chi connectivity index (χ4v) is 1.65. The molecule has 0 amide bonds. The summed E-state index contributed by atoms with van der Waals surface area (Å²) < 4.78 is 13.7. The Balaban J connectivity index is 2.30. The van der Waals surface area contributed by atoms with E-state index in [4.69, 9.17) is 5.73 Å². The highest BCUT2D eigenvalue weighted by Gasteiger charge is 2.10. The lowest BCUT2D eigenvalue weighted by atomic mass is 10.1. The molecule has 0 fully saturated rings. The fraction of sp³-hybridized carbons (Fsp3) is 0.231. The van der Waals surface area contributed by atoms with E-state index >= 15 is 0 Å². The molecule has 1 heterocycles. The number of hydrogen-bond donors (Lipinski definition) is 2. The lowest BCUT2D eigenvalue weighted by molar-refractivity contribution is 0.630. The topological polar surface area (TPSA) is 63.8 Å². The first-order valence-electron chi connectivity index (χ1n) is 5.82. The van der Waals surface area contributed by atoms with Gasteiger partial charge in [-0.15, -0.1) is 0 Å². The molecule has 18 heavy (non-hydrogen) atoms. The van der Waals surface area contributed by atoms with Crippen molar-refractivity contribution in [1.29, 1.82) is 0 Å². The van der Waals surface area contributed by atoms with E-state index in [-0.39, 0.29) is 5.82 Å². The van der Waals surface area contributed by atoms with E-state index in [0.29, 0.717) is 24.3 Å². The van der Waals surface area contributed by atoms with Crippen LogP contribution < -0.4 is 11.1 Å². The zero-order valence-electron chi connectivity index (χ0n) is 9.94. The van der Waals surface area contributed by atoms with Gasteiger partial charge in [0.05, 0.1) is 17.6 Å². The van der Waals surface area contributed by atoms with Crippen molar-refractivity contribution in [3.8, 4) is 11.3 Å². The SMILES string of the molecule is NCCCNc1cncnc1-c1ccccc1F. The average molecular weight is 246 g/mol. The van der Waals surface area contributed by atoms with Gasteiger partial charge in [-0.25, -0.2) is 14.4 Å². The molecule has 1 aromatic carbocycles. The second-order valence-electron chi connectivity index (χ2n) is 3.83. The Bertz CT molecular complexity index is 516. The van der Waals surface area contributed by atoms with Gasteiger partial charge in [0.1, 0.15) is 12.1 Å². The van der Waals surface area contributed by atoms with Crippen molar-refractivity contribution in [1.82, 2.24) is 9.97 Å². The van der Waals surface area contributed by atoms with Crippen LogP contribution in [0.15, 0.2) is 36.8 Å². The Morgan fingerprint density at radius 1 is 1.28 bits per heavy atom. The van der Waals surface area contributed by atoms with Crippen molar-refractivity contribution in [3.05, 3.63) is 42.6 Å². The summed E-state index contributed by atoms with van der Waals surface area (Å²) in [6.45, 7) is 1.32. The summed E-state index contributed by atoms with van der Waals surface area (Å²) in [6.07, 6.45) is 3.90. The van der Waals surface area contributed by atoms with Crippen LogP contribution in [0.1, 0.15) is 6.42 Å². The number of nitrogens with zero attached hydrogens (tertiary/aromatic N) is 2. The molecular weight excluding hydrogens is 231 g/mol. The second-order valence-corrected chi connectivity index (χ2v) is 3.83. The molecule has 2 rings (SSSR count). The maximum atomic E-state index is 13.7. The first-order valence-corrected chi connectivity index (χ1v) is 5.82. The Morgan fingerprint density at radius 3 is 2.89 bits per heavy atom. The molecule has 4 nitrogen and oxygen atoms in total. The highest BCUT2D eigenvalue weighted by atomic mass is 19.1.